The van der Waals surface area contributed by atoms with Gasteiger partial charge >= 0.3 is 6.09 Å². The fourth-order valence-electron chi connectivity index (χ4n) is 3.68. The van der Waals surface area contributed by atoms with Crippen molar-refractivity contribution < 1.29 is 23.4 Å². The lowest BCUT2D eigenvalue weighted by Crippen LogP contribution is -2.49. The predicted molar refractivity (Wildman–Crippen MR) is 107 cm³/mol. The van der Waals surface area contributed by atoms with E-state index < -0.39 is 23.3 Å². The largest absolute Gasteiger partial charge is 0.438 e. The van der Waals surface area contributed by atoms with E-state index in [1.54, 1.807) is 23.1 Å². The molecule has 6 heteroatoms. The highest BCUT2D eigenvalue weighted by Gasteiger charge is 2.39. The van der Waals surface area contributed by atoms with Crippen LogP contribution in [0.25, 0.3) is 11.1 Å². The van der Waals surface area contributed by atoms with E-state index in [1.807, 2.05) is 19.1 Å². The molecule has 0 aromatic heterocycles. The first-order valence-corrected chi connectivity index (χ1v) is 9.68. The SMILES string of the molecule is C=C[C@@]1(CCCO)CCN([C@@H](C)c2ccc(-c3ccc(F)cc3F)cc2)C(=O)O1. The van der Waals surface area contributed by atoms with E-state index in [1.165, 1.54) is 12.1 Å². The van der Waals surface area contributed by atoms with Crippen molar-refractivity contribution in [2.45, 2.75) is 37.8 Å². The number of rotatable bonds is 7. The van der Waals surface area contributed by atoms with Crippen LogP contribution in [0.5, 0.6) is 0 Å². The second-order valence-corrected chi connectivity index (χ2v) is 7.33. The van der Waals surface area contributed by atoms with Gasteiger partial charge in [0.15, 0.2) is 0 Å². The van der Waals surface area contributed by atoms with Crippen LogP contribution in [-0.2, 0) is 4.74 Å². The van der Waals surface area contributed by atoms with E-state index in [0.29, 0.717) is 36.9 Å². The van der Waals surface area contributed by atoms with E-state index >= 15 is 0 Å². The minimum absolute atomic E-state index is 0.0360. The van der Waals surface area contributed by atoms with Crippen molar-refractivity contribution in [2.24, 2.45) is 0 Å². The second kappa shape index (κ2) is 8.74. The van der Waals surface area contributed by atoms with Crippen LogP contribution in [0.3, 0.4) is 0 Å². The van der Waals surface area contributed by atoms with Crippen molar-refractivity contribution in [3.8, 4) is 11.1 Å². The van der Waals surface area contributed by atoms with Crippen LogP contribution < -0.4 is 0 Å². The molecule has 0 unspecified atom stereocenters. The van der Waals surface area contributed by atoms with Gasteiger partial charge in [-0.25, -0.2) is 13.6 Å². The molecule has 1 saturated heterocycles. The van der Waals surface area contributed by atoms with E-state index in [9.17, 15) is 13.6 Å². The maximum absolute atomic E-state index is 14.0. The Hall–Kier alpha value is -2.73. The van der Waals surface area contributed by atoms with Gasteiger partial charge in [0.2, 0.25) is 0 Å². The Balaban J connectivity index is 1.73. The lowest BCUT2D eigenvalue weighted by molar-refractivity contribution is -0.0347. The minimum atomic E-state index is -0.736. The van der Waals surface area contributed by atoms with Crippen molar-refractivity contribution >= 4 is 6.09 Å². The monoisotopic (exact) mass is 401 g/mol. The maximum Gasteiger partial charge on any atom is 0.411 e. The van der Waals surface area contributed by atoms with Crippen LogP contribution >= 0.6 is 0 Å². The van der Waals surface area contributed by atoms with Crippen molar-refractivity contribution in [2.75, 3.05) is 13.2 Å². The number of carbonyl (C=O) groups is 1. The van der Waals surface area contributed by atoms with E-state index in [2.05, 4.69) is 6.58 Å². The Kier molecular flexibility index (Phi) is 6.33. The average Bonchev–Trinajstić information content (AvgIpc) is 2.72. The molecule has 4 nitrogen and oxygen atoms in total. The molecule has 0 radical (unpaired) electrons. The summed E-state index contributed by atoms with van der Waals surface area (Å²) in [7, 11) is 0. The Labute approximate surface area is 169 Å². The molecule has 0 bridgehead atoms. The van der Waals surface area contributed by atoms with Crippen LogP contribution in [-0.4, -0.2) is 34.9 Å². The highest BCUT2D eigenvalue weighted by Crippen LogP contribution is 2.34. The summed E-state index contributed by atoms with van der Waals surface area (Å²) >= 11 is 0. The highest BCUT2D eigenvalue weighted by molar-refractivity contribution is 5.70. The Morgan fingerprint density at radius 3 is 2.59 bits per heavy atom. The van der Waals surface area contributed by atoms with Gasteiger partial charge in [-0.1, -0.05) is 30.8 Å². The summed E-state index contributed by atoms with van der Waals surface area (Å²) in [6.07, 6.45) is 2.91. The summed E-state index contributed by atoms with van der Waals surface area (Å²) < 4.78 is 32.8. The highest BCUT2D eigenvalue weighted by atomic mass is 19.1. The molecule has 1 aliphatic heterocycles. The number of benzene rings is 2. The standard InChI is InChI=1S/C23H25F2NO3/c1-3-23(11-4-14-27)12-13-26(22(28)29-23)16(2)17-5-7-18(8-6-17)20-10-9-19(24)15-21(20)25/h3,5-10,15-16,27H,1,4,11-14H2,2H3/t16-,23+/m0/s1. The molecule has 29 heavy (non-hydrogen) atoms. The summed E-state index contributed by atoms with van der Waals surface area (Å²) in [5.41, 5.74) is 1.10. The number of halogens is 2. The number of aliphatic hydroxyl groups excluding tert-OH is 1. The van der Waals surface area contributed by atoms with Gasteiger partial charge in [-0.3, -0.25) is 0 Å². The van der Waals surface area contributed by atoms with Gasteiger partial charge in [-0.15, -0.1) is 0 Å². The number of amides is 1. The molecule has 2 atom stereocenters. The van der Waals surface area contributed by atoms with Gasteiger partial charge in [0.25, 0.3) is 0 Å². The van der Waals surface area contributed by atoms with Crippen molar-refractivity contribution in [1.82, 2.24) is 4.90 Å². The summed E-state index contributed by atoms with van der Waals surface area (Å²) in [6, 6.07) is 10.4. The zero-order valence-electron chi connectivity index (χ0n) is 16.4. The molecule has 154 valence electrons. The predicted octanol–water partition coefficient (Wildman–Crippen LogP) is 5.23. The Morgan fingerprint density at radius 1 is 1.28 bits per heavy atom. The first kappa shape index (κ1) is 21.0. The Bertz CT molecular complexity index is 884. The van der Waals surface area contributed by atoms with Crippen molar-refractivity contribution in [3.63, 3.8) is 0 Å². The molecule has 1 heterocycles. The smallest absolute Gasteiger partial charge is 0.411 e. The van der Waals surface area contributed by atoms with Crippen LogP contribution in [0, 0.1) is 11.6 Å². The quantitative estimate of drug-likeness (QED) is 0.646. The number of nitrogens with zero attached hydrogens (tertiary/aromatic N) is 1. The van der Waals surface area contributed by atoms with Gasteiger partial charge in [0.05, 0.1) is 6.04 Å². The number of aliphatic hydroxyl groups is 1. The number of carbonyl (C=O) groups excluding carboxylic acids is 1. The second-order valence-electron chi connectivity index (χ2n) is 7.33. The summed E-state index contributed by atoms with van der Waals surface area (Å²) in [5.74, 6) is -1.23. The molecule has 3 rings (SSSR count). The maximum atomic E-state index is 14.0. The topological polar surface area (TPSA) is 49.8 Å². The van der Waals surface area contributed by atoms with Gasteiger partial charge in [-0.05, 0) is 49.1 Å². The normalized spacial score (nSPS) is 20.3. The molecule has 1 amide bonds. The Morgan fingerprint density at radius 2 is 2.00 bits per heavy atom. The molecule has 0 spiro atoms. The molecule has 1 aliphatic rings. The molecule has 2 aromatic carbocycles. The molecule has 1 N–H and O–H groups in total. The fourth-order valence-corrected chi connectivity index (χ4v) is 3.68. The number of cyclic esters (lactones) is 1. The zero-order chi connectivity index (χ0) is 21.0. The lowest BCUT2D eigenvalue weighted by atomic mass is 9.91. The van der Waals surface area contributed by atoms with E-state index in [-0.39, 0.29) is 12.6 Å². The molecule has 1 fully saturated rings. The van der Waals surface area contributed by atoms with Crippen LogP contribution in [0.1, 0.15) is 37.8 Å². The minimum Gasteiger partial charge on any atom is -0.438 e. The number of hydrogen-bond donors (Lipinski definition) is 1. The van der Waals surface area contributed by atoms with Gasteiger partial charge in [-0.2, -0.15) is 0 Å². The zero-order valence-corrected chi connectivity index (χ0v) is 16.4. The number of hydrogen-bond acceptors (Lipinski definition) is 3. The lowest BCUT2D eigenvalue weighted by Gasteiger charge is -2.41. The molecule has 2 aromatic rings. The third-order valence-electron chi connectivity index (χ3n) is 5.53. The van der Waals surface area contributed by atoms with Gasteiger partial charge in [0.1, 0.15) is 17.2 Å². The number of ether oxygens (including phenoxy) is 1. The third-order valence-corrected chi connectivity index (χ3v) is 5.53. The first-order valence-electron chi connectivity index (χ1n) is 9.68. The van der Waals surface area contributed by atoms with Gasteiger partial charge in [0, 0.05) is 31.2 Å². The van der Waals surface area contributed by atoms with Crippen molar-refractivity contribution in [3.05, 3.63) is 72.3 Å². The van der Waals surface area contributed by atoms with Crippen LogP contribution in [0.4, 0.5) is 13.6 Å². The summed E-state index contributed by atoms with van der Waals surface area (Å²) in [6.45, 7) is 6.24. The molecular formula is C23H25F2NO3. The summed E-state index contributed by atoms with van der Waals surface area (Å²) in [4.78, 5) is 14.3. The van der Waals surface area contributed by atoms with Crippen LogP contribution in [0.15, 0.2) is 55.1 Å². The third kappa shape index (κ3) is 4.48. The van der Waals surface area contributed by atoms with E-state index in [4.69, 9.17) is 9.84 Å². The molecule has 0 saturated carbocycles. The fraction of sp³-hybridized carbons (Fsp3) is 0.348. The average molecular weight is 401 g/mol. The van der Waals surface area contributed by atoms with Crippen molar-refractivity contribution in [1.29, 1.82) is 0 Å². The molecular weight excluding hydrogens is 376 g/mol. The van der Waals surface area contributed by atoms with Crippen LogP contribution in [0.2, 0.25) is 0 Å². The van der Waals surface area contributed by atoms with E-state index in [0.717, 1.165) is 11.6 Å². The molecule has 0 aliphatic carbocycles. The van der Waals surface area contributed by atoms with Gasteiger partial charge < -0.3 is 14.7 Å². The first-order chi connectivity index (χ1) is 13.9. The summed E-state index contributed by atoms with van der Waals surface area (Å²) in [5, 5.41) is 9.07.